The Morgan fingerprint density at radius 1 is 1.03 bits per heavy atom. The number of ether oxygens (including phenoxy) is 2. The van der Waals surface area contributed by atoms with Crippen molar-refractivity contribution in [1.82, 2.24) is 4.98 Å². The molecular formula is C29H26ClNO4. The third-order valence-corrected chi connectivity index (χ3v) is 6.06. The molecule has 0 fully saturated rings. The van der Waals surface area contributed by atoms with E-state index < -0.39 is 12.1 Å². The number of aryl methyl sites for hydroxylation is 1. The maximum Gasteiger partial charge on any atom is 0.338 e. The highest BCUT2D eigenvalue weighted by Crippen LogP contribution is 2.25. The van der Waals surface area contributed by atoms with Gasteiger partial charge in [0, 0.05) is 10.4 Å². The fraction of sp³-hybridized carbons (Fsp3) is 0.172. The number of rotatable bonds is 8. The van der Waals surface area contributed by atoms with E-state index in [0.717, 1.165) is 33.3 Å². The van der Waals surface area contributed by atoms with E-state index in [1.807, 2.05) is 72.8 Å². The van der Waals surface area contributed by atoms with Crippen molar-refractivity contribution in [2.75, 3.05) is 14.2 Å². The number of carbonyl (C=O) groups is 1. The van der Waals surface area contributed by atoms with Crippen LogP contribution in [0.2, 0.25) is 5.02 Å². The van der Waals surface area contributed by atoms with Crippen molar-refractivity contribution in [3.63, 3.8) is 0 Å². The molecule has 178 valence electrons. The fourth-order valence-electron chi connectivity index (χ4n) is 3.91. The van der Waals surface area contributed by atoms with Crippen LogP contribution in [0.3, 0.4) is 0 Å². The standard InChI is InChI=1S/C29H26ClNO4/c1-34-25-14-9-20(26(18-25)29(33)35-2)10-15-28(32)22-5-3-4-19(16-22)6-12-24-13-8-21-7-11-23(30)17-27(21)31-24/h3-9,11-14,16-18,28,32H,10,15H2,1-2H3/b12-6+/t28-/m0/s1. The lowest BCUT2D eigenvalue weighted by Gasteiger charge is -2.14. The van der Waals surface area contributed by atoms with Crippen molar-refractivity contribution < 1.29 is 19.4 Å². The molecule has 0 aliphatic heterocycles. The summed E-state index contributed by atoms with van der Waals surface area (Å²) in [6.45, 7) is 0. The number of aliphatic hydroxyl groups is 1. The van der Waals surface area contributed by atoms with Gasteiger partial charge in [-0.05, 0) is 72.0 Å². The molecule has 0 saturated carbocycles. The van der Waals surface area contributed by atoms with E-state index in [4.69, 9.17) is 21.1 Å². The van der Waals surface area contributed by atoms with Crippen molar-refractivity contribution >= 4 is 40.6 Å². The van der Waals surface area contributed by atoms with Crippen LogP contribution in [0.1, 0.15) is 45.3 Å². The first-order valence-corrected chi connectivity index (χ1v) is 11.6. The van der Waals surface area contributed by atoms with Crippen molar-refractivity contribution in [3.8, 4) is 5.75 Å². The zero-order valence-corrected chi connectivity index (χ0v) is 20.3. The minimum Gasteiger partial charge on any atom is -0.497 e. The average molecular weight is 488 g/mol. The SMILES string of the molecule is COC(=O)c1cc(OC)ccc1CC[C@H](O)c1cccc(/C=C/c2ccc3ccc(Cl)cc3n2)c1. The molecule has 35 heavy (non-hydrogen) atoms. The van der Waals surface area contributed by atoms with Crippen LogP contribution in [-0.2, 0) is 11.2 Å². The smallest absolute Gasteiger partial charge is 0.338 e. The molecule has 0 aliphatic carbocycles. The highest BCUT2D eigenvalue weighted by Gasteiger charge is 2.15. The van der Waals surface area contributed by atoms with E-state index in [9.17, 15) is 9.90 Å². The normalized spacial score (nSPS) is 12.1. The number of hydrogen-bond acceptors (Lipinski definition) is 5. The number of fused-ring (bicyclic) bond motifs is 1. The number of esters is 1. The number of aromatic nitrogens is 1. The third-order valence-electron chi connectivity index (χ3n) is 5.83. The van der Waals surface area contributed by atoms with Crippen LogP contribution in [0.4, 0.5) is 0 Å². The fourth-order valence-corrected chi connectivity index (χ4v) is 4.08. The molecule has 0 aliphatic rings. The number of hydrogen-bond donors (Lipinski definition) is 1. The molecule has 0 bridgehead atoms. The molecule has 3 aromatic carbocycles. The highest BCUT2D eigenvalue weighted by atomic mass is 35.5. The molecule has 4 aromatic rings. The number of nitrogens with zero attached hydrogens (tertiary/aromatic N) is 1. The van der Waals surface area contributed by atoms with E-state index in [1.54, 1.807) is 19.2 Å². The van der Waals surface area contributed by atoms with Gasteiger partial charge < -0.3 is 14.6 Å². The first-order chi connectivity index (χ1) is 17.0. The Morgan fingerprint density at radius 3 is 2.66 bits per heavy atom. The summed E-state index contributed by atoms with van der Waals surface area (Å²) in [5, 5.41) is 12.5. The molecular weight excluding hydrogens is 462 g/mol. The van der Waals surface area contributed by atoms with Crippen LogP contribution in [0.15, 0.2) is 72.8 Å². The summed E-state index contributed by atoms with van der Waals surface area (Å²) in [6.07, 6.45) is 4.19. The zero-order valence-electron chi connectivity index (χ0n) is 19.6. The lowest BCUT2D eigenvalue weighted by Crippen LogP contribution is -2.08. The van der Waals surface area contributed by atoms with Gasteiger partial charge in [-0.25, -0.2) is 9.78 Å². The van der Waals surface area contributed by atoms with E-state index >= 15 is 0 Å². The molecule has 5 nitrogen and oxygen atoms in total. The van der Waals surface area contributed by atoms with Crippen LogP contribution in [0, 0.1) is 0 Å². The predicted molar refractivity (Wildman–Crippen MR) is 140 cm³/mol. The Labute approximate surface area is 209 Å². The number of aliphatic hydroxyl groups excluding tert-OH is 1. The van der Waals surface area contributed by atoms with Crippen molar-refractivity contribution in [1.29, 1.82) is 0 Å². The van der Waals surface area contributed by atoms with Crippen molar-refractivity contribution in [3.05, 3.63) is 106 Å². The minimum atomic E-state index is -0.683. The lowest BCUT2D eigenvalue weighted by atomic mass is 9.97. The average Bonchev–Trinajstić information content (AvgIpc) is 2.89. The van der Waals surface area contributed by atoms with Gasteiger partial charge in [-0.15, -0.1) is 0 Å². The number of halogens is 1. The van der Waals surface area contributed by atoms with E-state index in [1.165, 1.54) is 7.11 Å². The largest absolute Gasteiger partial charge is 0.497 e. The second-order valence-electron chi connectivity index (χ2n) is 8.15. The number of benzene rings is 3. The Bertz CT molecular complexity index is 1380. The van der Waals surface area contributed by atoms with Crippen LogP contribution in [0.5, 0.6) is 5.75 Å². The second kappa shape index (κ2) is 11.2. The van der Waals surface area contributed by atoms with Gasteiger partial charge in [0.2, 0.25) is 0 Å². The summed E-state index contributed by atoms with van der Waals surface area (Å²) >= 11 is 6.09. The second-order valence-corrected chi connectivity index (χ2v) is 8.58. The summed E-state index contributed by atoms with van der Waals surface area (Å²) in [7, 11) is 2.90. The number of carbonyl (C=O) groups excluding carboxylic acids is 1. The molecule has 4 rings (SSSR count). The first-order valence-electron chi connectivity index (χ1n) is 11.2. The molecule has 0 spiro atoms. The van der Waals surface area contributed by atoms with Crippen LogP contribution in [0.25, 0.3) is 23.1 Å². The van der Waals surface area contributed by atoms with Gasteiger partial charge in [-0.2, -0.15) is 0 Å². The summed E-state index contributed by atoms with van der Waals surface area (Å²) in [4.78, 5) is 16.8. The monoisotopic (exact) mass is 487 g/mol. The summed E-state index contributed by atoms with van der Waals surface area (Å²) in [5.74, 6) is 0.156. The van der Waals surface area contributed by atoms with Crippen LogP contribution in [-0.4, -0.2) is 30.3 Å². The lowest BCUT2D eigenvalue weighted by molar-refractivity contribution is 0.0598. The van der Waals surface area contributed by atoms with Crippen molar-refractivity contribution in [2.45, 2.75) is 18.9 Å². The Balaban J connectivity index is 1.47. The van der Waals surface area contributed by atoms with Gasteiger partial charge in [-0.3, -0.25) is 0 Å². The van der Waals surface area contributed by atoms with Gasteiger partial charge in [-0.1, -0.05) is 54.1 Å². The molecule has 6 heteroatoms. The molecule has 0 saturated heterocycles. The van der Waals surface area contributed by atoms with E-state index in [0.29, 0.717) is 29.2 Å². The van der Waals surface area contributed by atoms with Gasteiger partial charge in [0.05, 0.1) is 37.1 Å². The maximum atomic E-state index is 12.2. The molecule has 1 atom stereocenters. The van der Waals surface area contributed by atoms with Gasteiger partial charge in [0.15, 0.2) is 0 Å². The summed E-state index contributed by atoms with van der Waals surface area (Å²) in [5.41, 5.74) is 4.66. The van der Waals surface area contributed by atoms with Crippen LogP contribution >= 0.6 is 11.6 Å². The topological polar surface area (TPSA) is 68.7 Å². The summed E-state index contributed by atoms with van der Waals surface area (Å²) < 4.78 is 10.1. The minimum absolute atomic E-state index is 0.426. The van der Waals surface area contributed by atoms with Gasteiger partial charge in [0.25, 0.3) is 0 Å². The Hall–Kier alpha value is -3.67. The predicted octanol–water partition coefficient (Wildman–Crippen LogP) is 6.52. The zero-order chi connectivity index (χ0) is 24.8. The molecule has 0 unspecified atom stereocenters. The Morgan fingerprint density at radius 2 is 1.86 bits per heavy atom. The molecule has 1 aromatic heterocycles. The van der Waals surface area contributed by atoms with E-state index in [2.05, 4.69) is 4.98 Å². The number of methoxy groups -OCH3 is 2. The molecule has 0 radical (unpaired) electrons. The number of pyridine rings is 1. The molecule has 0 amide bonds. The first kappa shape index (κ1) is 24.5. The van der Waals surface area contributed by atoms with Gasteiger partial charge in [0.1, 0.15) is 5.75 Å². The highest BCUT2D eigenvalue weighted by molar-refractivity contribution is 6.31. The van der Waals surface area contributed by atoms with Crippen molar-refractivity contribution in [2.24, 2.45) is 0 Å². The quantitative estimate of drug-likeness (QED) is 0.286. The van der Waals surface area contributed by atoms with Crippen LogP contribution < -0.4 is 4.74 Å². The molecule has 1 N–H and O–H groups in total. The Kier molecular flexibility index (Phi) is 7.80. The third kappa shape index (κ3) is 6.07. The van der Waals surface area contributed by atoms with Gasteiger partial charge >= 0.3 is 5.97 Å². The van der Waals surface area contributed by atoms with E-state index in [-0.39, 0.29) is 0 Å². The summed E-state index contributed by atoms with van der Waals surface area (Å²) in [6, 6.07) is 22.7. The maximum absolute atomic E-state index is 12.2. The molecule has 1 heterocycles.